The third kappa shape index (κ3) is 3.79. The zero-order valence-corrected chi connectivity index (χ0v) is 12.7. The molecule has 1 heterocycles. The largest absolute Gasteiger partial charge is 0.497 e. The Morgan fingerprint density at radius 3 is 2.43 bits per heavy atom. The second kappa shape index (κ2) is 6.85. The first-order chi connectivity index (χ1) is 10.1. The van der Waals surface area contributed by atoms with Crippen molar-refractivity contribution in [2.45, 2.75) is 0 Å². The number of ether oxygens (including phenoxy) is 1. The molecule has 0 unspecified atom stereocenters. The van der Waals surface area contributed by atoms with Crippen molar-refractivity contribution in [3.8, 4) is 5.75 Å². The number of aromatic nitrogens is 1. The van der Waals surface area contributed by atoms with E-state index in [2.05, 4.69) is 31.8 Å². The van der Waals surface area contributed by atoms with Crippen LogP contribution in [0.25, 0.3) is 0 Å². The minimum atomic E-state index is -0.455. The van der Waals surface area contributed by atoms with Gasteiger partial charge in [0.15, 0.2) is 0 Å². The molecule has 0 saturated carbocycles. The van der Waals surface area contributed by atoms with Crippen molar-refractivity contribution in [1.82, 2.24) is 15.8 Å². The second-order valence-electron chi connectivity index (χ2n) is 3.99. The van der Waals surface area contributed by atoms with Crippen LogP contribution in [0.1, 0.15) is 20.7 Å². The molecule has 0 saturated heterocycles. The molecule has 6 nitrogen and oxygen atoms in total. The number of hydrazine groups is 1. The van der Waals surface area contributed by atoms with E-state index in [0.29, 0.717) is 21.3 Å². The highest BCUT2D eigenvalue weighted by atomic mass is 79.9. The van der Waals surface area contributed by atoms with E-state index in [9.17, 15) is 9.59 Å². The molecule has 0 spiro atoms. The van der Waals surface area contributed by atoms with Gasteiger partial charge in [0.25, 0.3) is 11.8 Å². The molecule has 0 bridgehead atoms. The topological polar surface area (TPSA) is 80.3 Å². The third-order valence-corrected chi connectivity index (χ3v) is 3.34. The summed E-state index contributed by atoms with van der Waals surface area (Å²) in [4.78, 5) is 27.7. The SMILES string of the molecule is COc1ccc(Br)c(C(=O)NNC(=O)c2ccncc2)c1. The standard InChI is InChI=1S/C14H12BrN3O3/c1-21-10-2-3-12(15)11(8-10)14(20)18-17-13(19)9-4-6-16-7-5-9/h2-8H,1H3,(H,17,19)(H,18,20). The van der Waals surface area contributed by atoms with E-state index in [-0.39, 0.29) is 0 Å². The summed E-state index contributed by atoms with van der Waals surface area (Å²) in [6.45, 7) is 0. The van der Waals surface area contributed by atoms with Crippen LogP contribution in [0.4, 0.5) is 0 Å². The number of halogens is 1. The van der Waals surface area contributed by atoms with Crippen LogP contribution >= 0.6 is 15.9 Å². The average Bonchev–Trinajstić information content (AvgIpc) is 2.53. The van der Waals surface area contributed by atoms with Gasteiger partial charge in [-0.25, -0.2) is 0 Å². The van der Waals surface area contributed by atoms with E-state index in [1.807, 2.05) is 0 Å². The van der Waals surface area contributed by atoms with Crippen molar-refractivity contribution >= 4 is 27.7 Å². The summed E-state index contributed by atoms with van der Waals surface area (Å²) in [7, 11) is 1.51. The summed E-state index contributed by atoms with van der Waals surface area (Å²) >= 11 is 3.27. The summed E-state index contributed by atoms with van der Waals surface area (Å²) in [5, 5.41) is 0. The van der Waals surface area contributed by atoms with Gasteiger partial charge in [-0.15, -0.1) is 0 Å². The van der Waals surface area contributed by atoms with E-state index < -0.39 is 11.8 Å². The lowest BCUT2D eigenvalue weighted by atomic mass is 10.2. The molecule has 0 radical (unpaired) electrons. The Hall–Kier alpha value is -2.41. The zero-order valence-electron chi connectivity index (χ0n) is 11.1. The molecule has 2 aromatic rings. The maximum atomic E-state index is 12.0. The highest BCUT2D eigenvalue weighted by Gasteiger charge is 2.13. The maximum absolute atomic E-state index is 12.0. The van der Waals surface area contributed by atoms with Gasteiger partial charge in [0, 0.05) is 22.4 Å². The first-order valence-corrected chi connectivity index (χ1v) is 6.75. The summed E-state index contributed by atoms with van der Waals surface area (Å²) in [5.74, 6) is -0.336. The van der Waals surface area contributed by atoms with Crippen molar-refractivity contribution in [1.29, 1.82) is 0 Å². The summed E-state index contributed by atoms with van der Waals surface area (Å²) in [5.41, 5.74) is 5.43. The van der Waals surface area contributed by atoms with Crippen LogP contribution in [0.5, 0.6) is 5.75 Å². The number of methoxy groups -OCH3 is 1. The smallest absolute Gasteiger partial charge is 0.270 e. The van der Waals surface area contributed by atoms with E-state index in [4.69, 9.17) is 4.74 Å². The number of hydrogen-bond acceptors (Lipinski definition) is 4. The Labute approximate surface area is 129 Å². The van der Waals surface area contributed by atoms with E-state index in [0.717, 1.165) is 0 Å². The molecule has 2 N–H and O–H groups in total. The molecular weight excluding hydrogens is 338 g/mol. The van der Waals surface area contributed by atoms with E-state index in [1.54, 1.807) is 30.3 Å². The number of rotatable bonds is 3. The first kappa shape index (κ1) is 15.0. The van der Waals surface area contributed by atoms with E-state index in [1.165, 1.54) is 19.5 Å². The van der Waals surface area contributed by atoms with Gasteiger partial charge >= 0.3 is 0 Å². The molecule has 21 heavy (non-hydrogen) atoms. The van der Waals surface area contributed by atoms with Gasteiger partial charge in [-0.05, 0) is 46.3 Å². The van der Waals surface area contributed by atoms with Crippen LogP contribution in [0.15, 0.2) is 47.2 Å². The van der Waals surface area contributed by atoms with Crippen LogP contribution in [0, 0.1) is 0 Å². The lowest BCUT2D eigenvalue weighted by Crippen LogP contribution is -2.41. The Balaban J connectivity index is 2.04. The Morgan fingerprint density at radius 1 is 1.10 bits per heavy atom. The minimum Gasteiger partial charge on any atom is -0.497 e. The Bertz CT molecular complexity index is 662. The number of amides is 2. The molecule has 0 aliphatic heterocycles. The lowest BCUT2D eigenvalue weighted by molar-refractivity contribution is 0.0846. The fraction of sp³-hybridized carbons (Fsp3) is 0.0714. The molecule has 2 rings (SSSR count). The fourth-order valence-corrected chi connectivity index (χ4v) is 1.99. The molecule has 1 aromatic heterocycles. The quantitative estimate of drug-likeness (QED) is 0.829. The van der Waals surface area contributed by atoms with Crippen molar-refractivity contribution in [3.63, 3.8) is 0 Å². The van der Waals surface area contributed by atoms with Gasteiger partial charge in [-0.2, -0.15) is 0 Å². The fourth-order valence-electron chi connectivity index (χ4n) is 1.56. The zero-order chi connectivity index (χ0) is 15.2. The van der Waals surface area contributed by atoms with Crippen LogP contribution in [-0.4, -0.2) is 23.9 Å². The van der Waals surface area contributed by atoms with Crippen LogP contribution in [0.2, 0.25) is 0 Å². The summed E-state index contributed by atoms with van der Waals surface area (Å²) in [6, 6.07) is 8.07. The van der Waals surface area contributed by atoms with Gasteiger partial charge in [0.05, 0.1) is 12.7 Å². The number of hydrogen-bond donors (Lipinski definition) is 2. The Morgan fingerprint density at radius 2 is 1.76 bits per heavy atom. The molecule has 0 aliphatic rings. The van der Waals surface area contributed by atoms with Crippen LogP contribution < -0.4 is 15.6 Å². The highest BCUT2D eigenvalue weighted by Crippen LogP contribution is 2.22. The number of nitrogens with zero attached hydrogens (tertiary/aromatic N) is 1. The molecule has 2 amide bonds. The molecule has 7 heteroatoms. The lowest BCUT2D eigenvalue weighted by Gasteiger charge is -2.09. The number of pyridine rings is 1. The third-order valence-electron chi connectivity index (χ3n) is 2.65. The molecule has 1 aromatic carbocycles. The van der Waals surface area contributed by atoms with Gasteiger partial charge in [0.2, 0.25) is 0 Å². The van der Waals surface area contributed by atoms with E-state index >= 15 is 0 Å². The van der Waals surface area contributed by atoms with Gasteiger partial charge < -0.3 is 4.74 Å². The first-order valence-electron chi connectivity index (χ1n) is 5.96. The van der Waals surface area contributed by atoms with Gasteiger partial charge in [-0.1, -0.05) is 0 Å². The Kier molecular flexibility index (Phi) is 4.89. The van der Waals surface area contributed by atoms with Crippen LogP contribution in [-0.2, 0) is 0 Å². The molecule has 0 aliphatic carbocycles. The molecule has 0 atom stereocenters. The number of carbonyl (C=O) groups excluding carboxylic acids is 2. The average molecular weight is 350 g/mol. The minimum absolute atomic E-state index is 0.351. The van der Waals surface area contributed by atoms with Crippen molar-refractivity contribution < 1.29 is 14.3 Å². The van der Waals surface area contributed by atoms with Crippen molar-refractivity contribution in [2.24, 2.45) is 0 Å². The van der Waals surface area contributed by atoms with Crippen molar-refractivity contribution in [3.05, 3.63) is 58.3 Å². The molecule has 108 valence electrons. The molecular formula is C14H12BrN3O3. The normalized spacial score (nSPS) is 9.81. The highest BCUT2D eigenvalue weighted by molar-refractivity contribution is 9.10. The monoisotopic (exact) mass is 349 g/mol. The molecule has 0 fully saturated rings. The predicted molar refractivity (Wildman–Crippen MR) is 79.9 cm³/mol. The number of benzene rings is 1. The number of carbonyl (C=O) groups is 2. The second-order valence-corrected chi connectivity index (χ2v) is 4.84. The van der Waals surface area contributed by atoms with Gasteiger partial charge in [0.1, 0.15) is 5.75 Å². The predicted octanol–water partition coefficient (Wildman–Crippen LogP) is 1.93. The van der Waals surface area contributed by atoms with Crippen molar-refractivity contribution in [2.75, 3.05) is 7.11 Å². The van der Waals surface area contributed by atoms with Crippen LogP contribution in [0.3, 0.4) is 0 Å². The summed E-state index contributed by atoms with van der Waals surface area (Å²) < 4.78 is 5.66. The maximum Gasteiger partial charge on any atom is 0.270 e. The van der Waals surface area contributed by atoms with Gasteiger partial charge in [-0.3, -0.25) is 25.4 Å². The number of nitrogens with one attached hydrogen (secondary N) is 2. The summed E-state index contributed by atoms with van der Waals surface area (Å²) in [6.07, 6.45) is 2.99.